The summed E-state index contributed by atoms with van der Waals surface area (Å²) in [5.41, 5.74) is 0.864. The summed E-state index contributed by atoms with van der Waals surface area (Å²) in [5, 5.41) is 11.8. The molecule has 0 saturated carbocycles. The van der Waals surface area contributed by atoms with Crippen LogP contribution in [0.25, 0.3) is 6.08 Å². The number of benzene rings is 2. The Labute approximate surface area is 194 Å². The average molecular weight is 484 g/mol. The molecule has 10 heteroatoms. The summed E-state index contributed by atoms with van der Waals surface area (Å²) < 4.78 is 15.5. The van der Waals surface area contributed by atoms with Gasteiger partial charge in [0.2, 0.25) is 0 Å². The number of hydrogen-bond donors (Lipinski definition) is 1. The second-order valence-electron chi connectivity index (χ2n) is 6.00. The molecule has 2 aromatic carbocycles. The Morgan fingerprint density at radius 1 is 1.13 bits per heavy atom. The minimum atomic E-state index is -1.10. The molecule has 0 aliphatic heterocycles. The first-order valence-electron chi connectivity index (χ1n) is 8.77. The van der Waals surface area contributed by atoms with Gasteiger partial charge in [0.15, 0.2) is 24.2 Å². The van der Waals surface area contributed by atoms with Crippen molar-refractivity contribution in [2.75, 3.05) is 19.0 Å². The second kappa shape index (κ2) is 11.5. The van der Waals surface area contributed by atoms with Gasteiger partial charge in [-0.15, -0.1) is 0 Å². The Bertz CT molecular complexity index is 1050. The lowest BCUT2D eigenvalue weighted by molar-refractivity contribution is -0.148. The van der Waals surface area contributed by atoms with E-state index in [-0.39, 0.29) is 27.4 Å². The van der Waals surface area contributed by atoms with Gasteiger partial charge in [-0.25, -0.2) is 4.79 Å². The molecule has 0 radical (unpaired) electrons. The van der Waals surface area contributed by atoms with Crippen LogP contribution >= 0.6 is 34.8 Å². The van der Waals surface area contributed by atoms with Crippen LogP contribution in [0.3, 0.4) is 0 Å². The fourth-order valence-electron chi connectivity index (χ4n) is 2.30. The quantitative estimate of drug-likeness (QED) is 0.317. The molecule has 0 fully saturated rings. The Hall–Kier alpha value is -2.92. The molecule has 0 spiro atoms. The summed E-state index contributed by atoms with van der Waals surface area (Å²) in [6, 6.07) is 9.56. The molecule has 1 atom stereocenters. The number of halogens is 3. The molecule has 2 rings (SSSR count). The normalized spacial score (nSPS) is 11.5. The van der Waals surface area contributed by atoms with Crippen LogP contribution in [0.2, 0.25) is 15.1 Å². The highest BCUT2D eigenvalue weighted by Gasteiger charge is 2.18. The molecule has 2 aromatic rings. The van der Waals surface area contributed by atoms with E-state index in [2.05, 4.69) is 5.32 Å². The SMILES string of the molecule is COc1cc(C=CC(=O)OC(C)C(=O)Nc2cc(Cl)c(Cl)cc2Cl)ccc1OCC#N. The number of amides is 1. The predicted octanol–water partition coefficient (Wildman–Crippen LogP) is 5.14. The van der Waals surface area contributed by atoms with Crippen molar-refractivity contribution in [2.45, 2.75) is 13.0 Å². The third-order valence-corrected chi connectivity index (χ3v) is 4.86. The van der Waals surface area contributed by atoms with Crippen molar-refractivity contribution in [1.82, 2.24) is 0 Å². The summed E-state index contributed by atoms with van der Waals surface area (Å²) in [4.78, 5) is 24.3. The van der Waals surface area contributed by atoms with Gasteiger partial charge in [-0.2, -0.15) is 5.26 Å². The van der Waals surface area contributed by atoms with E-state index in [1.165, 1.54) is 38.3 Å². The number of ether oxygens (including phenoxy) is 3. The Morgan fingerprint density at radius 2 is 1.84 bits per heavy atom. The first-order valence-corrected chi connectivity index (χ1v) is 9.90. The molecule has 1 amide bonds. The molecule has 0 bridgehead atoms. The summed E-state index contributed by atoms with van der Waals surface area (Å²) in [7, 11) is 1.46. The van der Waals surface area contributed by atoms with Crippen LogP contribution in [0.5, 0.6) is 11.5 Å². The molecular weight excluding hydrogens is 467 g/mol. The lowest BCUT2D eigenvalue weighted by Gasteiger charge is -2.14. The summed E-state index contributed by atoms with van der Waals surface area (Å²) in [6.07, 6.45) is 1.55. The fourth-order valence-corrected chi connectivity index (χ4v) is 2.90. The molecular formula is C21H17Cl3N2O5. The van der Waals surface area contributed by atoms with Crippen molar-refractivity contribution >= 4 is 58.4 Å². The molecule has 7 nitrogen and oxygen atoms in total. The number of nitrogens with one attached hydrogen (secondary N) is 1. The van der Waals surface area contributed by atoms with Crippen LogP contribution in [-0.2, 0) is 14.3 Å². The predicted molar refractivity (Wildman–Crippen MR) is 119 cm³/mol. The second-order valence-corrected chi connectivity index (χ2v) is 7.23. The van der Waals surface area contributed by atoms with E-state index in [1.807, 2.05) is 6.07 Å². The lowest BCUT2D eigenvalue weighted by atomic mass is 10.2. The number of nitrogens with zero attached hydrogens (tertiary/aromatic N) is 1. The van der Waals surface area contributed by atoms with Gasteiger partial charge >= 0.3 is 5.97 Å². The minimum Gasteiger partial charge on any atom is -0.493 e. The lowest BCUT2D eigenvalue weighted by Crippen LogP contribution is -2.29. The van der Waals surface area contributed by atoms with E-state index < -0.39 is 18.0 Å². The molecule has 0 saturated heterocycles. The summed E-state index contributed by atoms with van der Waals surface area (Å²) in [6.45, 7) is 1.29. The maximum absolute atomic E-state index is 12.3. The number of nitriles is 1. The molecule has 0 heterocycles. The third kappa shape index (κ3) is 7.07. The molecule has 1 unspecified atom stereocenters. The van der Waals surface area contributed by atoms with E-state index in [4.69, 9.17) is 54.3 Å². The highest BCUT2D eigenvalue weighted by atomic mass is 35.5. The minimum absolute atomic E-state index is 0.120. The van der Waals surface area contributed by atoms with E-state index in [0.29, 0.717) is 17.1 Å². The number of esters is 1. The van der Waals surface area contributed by atoms with Crippen molar-refractivity contribution in [3.8, 4) is 17.6 Å². The van der Waals surface area contributed by atoms with Crippen molar-refractivity contribution in [2.24, 2.45) is 0 Å². The van der Waals surface area contributed by atoms with Gasteiger partial charge in [0.05, 0.1) is 27.9 Å². The molecule has 0 aliphatic rings. The standard InChI is InChI=1S/C21H17Cl3N2O5/c1-12(21(28)26-17-11-15(23)14(22)10-16(17)24)31-20(27)6-4-13-3-5-18(30-8-7-25)19(9-13)29-2/h3-6,9-12H,8H2,1-2H3,(H,26,28). The fraction of sp³-hybridized carbons (Fsp3) is 0.190. The molecule has 31 heavy (non-hydrogen) atoms. The van der Waals surface area contributed by atoms with Crippen molar-refractivity contribution in [3.05, 3.63) is 57.0 Å². The zero-order valence-corrected chi connectivity index (χ0v) is 18.7. The average Bonchev–Trinajstić information content (AvgIpc) is 2.74. The van der Waals surface area contributed by atoms with Gasteiger partial charge in [0.25, 0.3) is 5.91 Å². The van der Waals surface area contributed by atoms with Crippen LogP contribution in [0.15, 0.2) is 36.4 Å². The van der Waals surface area contributed by atoms with Crippen molar-refractivity contribution in [1.29, 1.82) is 5.26 Å². The van der Waals surface area contributed by atoms with Gasteiger partial charge in [-0.05, 0) is 42.8 Å². The molecule has 0 aromatic heterocycles. The molecule has 162 valence electrons. The van der Waals surface area contributed by atoms with Gasteiger partial charge in [-0.3, -0.25) is 4.79 Å². The smallest absolute Gasteiger partial charge is 0.331 e. The first-order chi connectivity index (χ1) is 14.7. The van der Waals surface area contributed by atoms with Crippen LogP contribution in [0.4, 0.5) is 5.69 Å². The zero-order chi connectivity index (χ0) is 23.0. The highest BCUT2D eigenvalue weighted by molar-refractivity contribution is 6.44. The maximum Gasteiger partial charge on any atom is 0.331 e. The van der Waals surface area contributed by atoms with Crippen LogP contribution in [-0.4, -0.2) is 31.7 Å². The van der Waals surface area contributed by atoms with Crippen molar-refractivity contribution in [3.63, 3.8) is 0 Å². The Balaban J connectivity index is 1.98. The number of rotatable bonds is 8. The Morgan fingerprint density at radius 3 is 2.52 bits per heavy atom. The zero-order valence-electron chi connectivity index (χ0n) is 16.4. The van der Waals surface area contributed by atoms with Crippen LogP contribution < -0.4 is 14.8 Å². The van der Waals surface area contributed by atoms with Gasteiger partial charge < -0.3 is 19.5 Å². The van der Waals surface area contributed by atoms with E-state index >= 15 is 0 Å². The largest absolute Gasteiger partial charge is 0.493 e. The van der Waals surface area contributed by atoms with Gasteiger partial charge in [0.1, 0.15) is 6.07 Å². The maximum atomic E-state index is 12.3. The monoisotopic (exact) mass is 482 g/mol. The number of carbonyl (C=O) groups excluding carboxylic acids is 2. The van der Waals surface area contributed by atoms with Crippen LogP contribution in [0, 0.1) is 11.3 Å². The highest BCUT2D eigenvalue weighted by Crippen LogP contribution is 2.32. The summed E-state index contributed by atoms with van der Waals surface area (Å²) >= 11 is 17.8. The molecule has 1 N–H and O–H groups in total. The topological polar surface area (TPSA) is 97.7 Å². The van der Waals surface area contributed by atoms with E-state index in [9.17, 15) is 9.59 Å². The van der Waals surface area contributed by atoms with E-state index in [1.54, 1.807) is 18.2 Å². The van der Waals surface area contributed by atoms with Gasteiger partial charge in [0, 0.05) is 6.08 Å². The number of hydrogen-bond acceptors (Lipinski definition) is 6. The third-order valence-electron chi connectivity index (χ3n) is 3.82. The summed E-state index contributed by atoms with van der Waals surface area (Å²) in [5.74, 6) is -0.526. The number of methoxy groups -OCH3 is 1. The van der Waals surface area contributed by atoms with Gasteiger partial charge in [-0.1, -0.05) is 40.9 Å². The van der Waals surface area contributed by atoms with Crippen LogP contribution in [0.1, 0.15) is 12.5 Å². The van der Waals surface area contributed by atoms with E-state index in [0.717, 1.165) is 0 Å². The molecule has 0 aliphatic carbocycles. The Kier molecular flexibility index (Phi) is 9.01. The first kappa shape index (κ1) is 24.4. The van der Waals surface area contributed by atoms with Crippen molar-refractivity contribution < 1.29 is 23.8 Å². The number of anilines is 1. The number of carbonyl (C=O) groups is 2.